The van der Waals surface area contributed by atoms with Gasteiger partial charge in [0, 0.05) is 12.7 Å². The summed E-state index contributed by atoms with van der Waals surface area (Å²) >= 11 is 7.82. The van der Waals surface area contributed by atoms with Crippen LogP contribution in [0.5, 0.6) is 0 Å². The van der Waals surface area contributed by atoms with Crippen LogP contribution in [0.15, 0.2) is 15.5 Å². The van der Waals surface area contributed by atoms with Crippen LogP contribution in [0.2, 0.25) is 0 Å². The lowest BCUT2D eigenvalue weighted by Crippen LogP contribution is -2.35. The first-order valence-electron chi connectivity index (χ1n) is 6.82. The Labute approximate surface area is 129 Å². The van der Waals surface area contributed by atoms with E-state index in [1.54, 1.807) is 10.8 Å². The highest BCUT2D eigenvalue weighted by Crippen LogP contribution is 2.33. The Hall–Kier alpha value is -0.290. The quantitative estimate of drug-likeness (QED) is 0.761. The van der Waals surface area contributed by atoms with E-state index in [1.165, 1.54) is 0 Å². The van der Waals surface area contributed by atoms with E-state index in [1.807, 2.05) is 6.92 Å². The van der Waals surface area contributed by atoms with Crippen molar-refractivity contribution in [1.82, 2.24) is 9.55 Å². The highest BCUT2D eigenvalue weighted by molar-refractivity contribution is 9.10. The van der Waals surface area contributed by atoms with Crippen molar-refractivity contribution in [2.75, 3.05) is 5.75 Å². The molecule has 5 heteroatoms. The SMILES string of the molecule is CCCC(CS)(CCC)Cn1c(C)ncc(Br)c1=O. The first-order chi connectivity index (χ1) is 8.99. The van der Waals surface area contributed by atoms with Gasteiger partial charge < -0.3 is 0 Å². The molecule has 0 spiro atoms. The van der Waals surface area contributed by atoms with Crippen LogP contribution in [0.4, 0.5) is 0 Å². The molecule has 0 N–H and O–H groups in total. The van der Waals surface area contributed by atoms with E-state index in [9.17, 15) is 4.79 Å². The Balaban J connectivity index is 3.16. The van der Waals surface area contributed by atoms with E-state index < -0.39 is 0 Å². The molecule has 0 radical (unpaired) electrons. The highest BCUT2D eigenvalue weighted by atomic mass is 79.9. The average Bonchev–Trinajstić information content (AvgIpc) is 2.39. The van der Waals surface area contributed by atoms with Crippen LogP contribution in [0.1, 0.15) is 45.4 Å². The lowest BCUT2D eigenvalue weighted by molar-refractivity contribution is 0.225. The van der Waals surface area contributed by atoms with Crippen molar-refractivity contribution < 1.29 is 0 Å². The van der Waals surface area contributed by atoms with Gasteiger partial charge in [-0.25, -0.2) is 4.98 Å². The maximum atomic E-state index is 12.2. The van der Waals surface area contributed by atoms with Crippen LogP contribution in [0.25, 0.3) is 0 Å². The summed E-state index contributed by atoms with van der Waals surface area (Å²) in [7, 11) is 0. The second-order valence-electron chi connectivity index (χ2n) is 5.20. The summed E-state index contributed by atoms with van der Waals surface area (Å²) in [5.74, 6) is 1.57. The Morgan fingerprint density at radius 2 is 1.95 bits per heavy atom. The Morgan fingerprint density at radius 1 is 1.37 bits per heavy atom. The first kappa shape index (κ1) is 16.8. The Kier molecular flexibility index (Phi) is 6.60. The molecule has 0 saturated heterocycles. The van der Waals surface area contributed by atoms with Gasteiger partial charge in [0.1, 0.15) is 10.3 Å². The first-order valence-corrected chi connectivity index (χ1v) is 8.25. The molecule has 0 aliphatic carbocycles. The standard InChI is InChI=1S/C14H23BrN2OS/c1-4-6-14(10-19,7-5-2)9-17-11(3)16-8-12(15)13(17)18/h8,19H,4-7,9-10H2,1-3H3. The van der Waals surface area contributed by atoms with Crippen molar-refractivity contribution in [2.45, 2.75) is 53.0 Å². The number of aryl methyl sites for hydroxylation is 1. The van der Waals surface area contributed by atoms with Gasteiger partial charge in [-0.3, -0.25) is 9.36 Å². The molecular formula is C14H23BrN2OS. The summed E-state index contributed by atoms with van der Waals surface area (Å²) < 4.78 is 2.31. The molecule has 0 saturated carbocycles. The highest BCUT2D eigenvalue weighted by Gasteiger charge is 2.28. The van der Waals surface area contributed by atoms with Gasteiger partial charge in [0.05, 0.1) is 0 Å². The van der Waals surface area contributed by atoms with Gasteiger partial charge in [0.15, 0.2) is 0 Å². The molecule has 0 amide bonds. The van der Waals surface area contributed by atoms with Gasteiger partial charge in [-0.1, -0.05) is 26.7 Å². The zero-order valence-corrected chi connectivity index (χ0v) is 14.4. The van der Waals surface area contributed by atoms with Gasteiger partial charge in [-0.2, -0.15) is 12.6 Å². The molecule has 1 rings (SSSR count). The summed E-state index contributed by atoms with van der Waals surface area (Å²) in [6.07, 6.45) is 5.97. The third-order valence-corrected chi connectivity index (χ3v) is 4.81. The smallest absolute Gasteiger partial charge is 0.267 e. The fourth-order valence-electron chi connectivity index (χ4n) is 2.62. The molecule has 0 aliphatic rings. The van der Waals surface area contributed by atoms with Crippen LogP contribution >= 0.6 is 28.6 Å². The number of nitrogens with zero attached hydrogens (tertiary/aromatic N) is 2. The fraction of sp³-hybridized carbons (Fsp3) is 0.714. The topological polar surface area (TPSA) is 34.9 Å². The molecule has 0 bridgehead atoms. The second-order valence-corrected chi connectivity index (χ2v) is 6.37. The predicted molar refractivity (Wildman–Crippen MR) is 87.0 cm³/mol. The minimum Gasteiger partial charge on any atom is -0.295 e. The van der Waals surface area contributed by atoms with Crippen molar-refractivity contribution in [1.29, 1.82) is 0 Å². The lowest BCUT2D eigenvalue weighted by Gasteiger charge is -2.33. The molecule has 0 fully saturated rings. The molecule has 19 heavy (non-hydrogen) atoms. The third-order valence-electron chi connectivity index (χ3n) is 3.59. The summed E-state index contributed by atoms with van der Waals surface area (Å²) in [5, 5.41) is 0. The third kappa shape index (κ3) is 4.09. The average molecular weight is 347 g/mol. The number of hydrogen-bond acceptors (Lipinski definition) is 3. The maximum absolute atomic E-state index is 12.2. The van der Waals surface area contributed by atoms with Crippen LogP contribution in [-0.4, -0.2) is 15.3 Å². The van der Waals surface area contributed by atoms with Crippen molar-refractivity contribution in [2.24, 2.45) is 5.41 Å². The van der Waals surface area contributed by atoms with Crippen molar-refractivity contribution in [3.63, 3.8) is 0 Å². The largest absolute Gasteiger partial charge is 0.295 e. The number of rotatable bonds is 7. The van der Waals surface area contributed by atoms with E-state index in [4.69, 9.17) is 0 Å². The van der Waals surface area contributed by atoms with Gasteiger partial charge in [-0.15, -0.1) is 0 Å². The number of aromatic nitrogens is 2. The number of halogens is 1. The van der Waals surface area contributed by atoms with Gasteiger partial charge in [0.2, 0.25) is 0 Å². The summed E-state index contributed by atoms with van der Waals surface area (Å²) in [6.45, 7) is 6.95. The van der Waals surface area contributed by atoms with Crippen molar-refractivity contribution >= 4 is 28.6 Å². The molecule has 3 nitrogen and oxygen atoms in total. The van der Waals surface area contributed by atoms with Crippen LogP contribution in [0.3, 0.4) is 0 Å². The van der Waals surface area contributed by atoms with Gasteiger partial charge in [-0.05, 0) is 46.9 Å². The maximum Gasteiger partial charge on any atom is 0.267 e. The minimum atomic E-state index is 0.00543. The predicted octanol–water partition coefficient (Wildman–Crippen LogP) is 3.83. The van der Waals surface area contributed by atoms with E-state index in [0.717, 1.165) is 37.3 Å². The monoisotopic (exact) mass is 346 g/mol. The van der Waals surface area contributed by atoms with Crippen molar-refractivity contribution in [3.05, 3.63) is 26.8 Å². The van der Waals surface area contributed by atoms with Crippen LogP contribution in [0, 0.1) is 12.3 Å². The summed E-state index contributed by atoms with van der Waals surface area (Å²) in [6, 6.07) is 0. The normalized spacial score (nSPS) is 11.8. The number of thiol groups is 1. The minimum absolute atomic E-state index is 0.00543. The van der Waals surface area contributed by atoms with Crippen molar-refractivity contribution in [3.8, 4) is 0 Å². The van der Waals surface area contributed by atoms with E-state index >= 15 is 0 Å². The van der Waals surface area contributed by atoms with E-state index in [-0.39, 0.29) is 11.0 Å². The van der Waals surface area contributed by atoms with Crippen LogP contribution in [-0.2, 0) is 6.54 Å². The molecule has 0 aliphatic heterocycles. The summed E-state index contributed by atoms with van der Waals surface area (Å²) in [4.78, 5) is 16.5. The van der Waals surface area contributed by atoms with E-state index in [2.05, 4.69) is 47.4 Å². The fourth-order valence-corrected chi connectivity index (χ4v) is 3.36. The second kappa shape index (κ2) is 7.48. The molecule has 108 valence electrons. The molecule has 0 aromatic carbocycles. The molecular weight excluding hydrogens is 324 g/mol. The van der Waals surface area contributed by atoms with Crippen LogP contribution < -0.4 is 5.56 Å². The molecule has 1 aromatic heterocycles. The Morgan fingerprint density at radius 3 is 2.42 bits per heavy atom. The van der Waals surface area contributed by atoms with E-state index in [0.29, 0.717) is 11.0 Å². The van der Waals surface area contributed by atoms with Gasteiger partial charge >= 0.3 is 0 Å². The molecule has 0 unspecified atom stereocenters. The van der Waals surface area contributed by atoms with Gasteiger partial charge in [0.25, 0.3) is 5.56 Å². The number of hydrogen-bond donors (Lipinski definition) is 1. The zero-order chi connectivity index (χ0) is 14.5. The summed E-state index contributed by atoms with van der Waals surface area (Å²) in [5.41, 5.74) is 0.0924. The Bertz CT molecular complexity index is 467. The molecule has 0 atom stereocenters. The zero-order valence-electron chi connectivity index (χ0n) is 11.9. The molecule has 1 aromatic rings. The molecule has 1 heterocycles. The lowest BCUT2D eigenvalue weighted by atomic mass is 9.81.